The molecule has 0 heterocycles. The van der Waals surface area contributed by atoms with E-state index < -0.39 is 15.2 Å². The van der Waals surface area contributed by atoms with Crippen molar-refractivity contribution in [1.82, 2.24) is 0 Å². The maximum atomic E-state index is 10.2. The van der Waals surface area contributed by atoms with Crippen molar-refractivity contribution in [2.24, 2.45) is 0 Å². The molecule has 0 saturated carbocycles. The summed E-state index contributed by atoms with van der Waals surface area (Å²) >= 11 is 0. The molecule has 0 aliphatic carbocycles. The highest BCUT2D eigenvalue weighted by Gasteiger charge is 2.43. The Hall–Kier alpha value is -2.92. The van der Waals surface area contributed by atoms with Crippen LogP contribution in [0.15, 0.2) is 115 Å². The van der Waals surface area contributed by atoms with Gasteiger partial charge in [0.1, 0.15) is 0 Å². The van der Waals surface area contributed by atoms with E-state index in [1.807, 2.05) is 42.5 Å². The van der Waals surface area contributed by atoms with Crippen molar-refractivity contribution in [2.75, 3.05) is 0 Å². The van der Waals surface area contributed by atoms with Gasteiger partial charge in [-0.25, -0.2) is 0 Å². The summed E-state index contributed by atoms with van der Waals surface area (Å²) in [5, 5.41) is 25.0. The third kappa shape index (κ3) is 3.12. The van der Waals surface area contributed by atoms with Crippen molar-refractivity contribution in [3.05, 3.63) is 115 Å². The second-order valence-corrected chi connectivity index (χ2v) is 10.6. The highest BCUT2D eigenvalue weighted by molar-refractivity contribution is 7.21. The summed E-state index contributed by atoms with van der Waals surface area (Å²) in [5.41, 5.74) is 0.561. The third-order valence-electron chi connectivity index (χ3n) is 5.26. The topological polar surface area (TPSA) is 40.5 Å². The summed E-state index contributed by atoms with van der Waals surface area (Å²) in [6.07, 6.45) is 0. The molecule has 4 rings (SSSR count). The molecule has 0 saturated heterocycles. The average Bonchev–Trinajstić information content (AvgIpc) is 2.77. The van der Waals surface area contributed by atoms with Crippen molar-refractivity contribution < 1.29 is 10.0 Å². The van der Waals surface area contributed by atoms with E-state index in [0.29, 0.717) is 5.46 Å². The number of hydrogen-bond acceptors (Lipinski definition) is 2. The zero-order valence-corrected chi connectivity index (χ0v) is 16.4. The van der Waals surface area contributed by atoms with Gasteiger partial charge in [-0.15, -0.1) is 0 Å². The zero-order chi connectivity index (χ0) is 19.4. The minimum Gasteiger partial charge on any atom is -0.423 e. The molecule has 0 bridgehead atoms. The van der Waals surface area contributed by atoms with Gasteiger partial charge in [0, 0.05) is 0 Å². The Morgan fingerprint density at radius 1 is 0.464 bits per heavy atom. The van der Waals surface area contributed by atoms with Gasteiger partial charge in [-0.2, -0.15) is 0 Å². The van der Waals surface area contributed by atoms with Gasteiger partial charge < -0.3 is 10.0 Å². The quantitative estimate of drug-likeness (QED) is 0.396. The first kappa shape index (κ1) is 18.4. The molecule has 4 aromatic carbocycles. The molecule has 2 N–H and O–H groups in total. The van der Waals surface area contributed by atoms with E-state index in [9.17, 15) is 10.0 Å². The van der Waals surface area contributed by atoms with Crippen molar-refractivity contribution in [1.29, 1.82) is 0 Å². The van der Waals surface area contributed by atoms with E-state index in [0.717, 1.165) is 5.19 Å². The van der Waals surface area contributed by atoms with Crippen LogP contribution in [0, 0.1) is 0 Å². The summed E-state index contributed by atoms with van der Waals surface area (Å²) in [5.74, 6) is 0. The number of hydrogen-bond donors (Lipinski definition) is 2. The van der Waals surface area contributed by atoms with Gasteiger partial charge in [0.2, 0.25) is 0 Å². The molecule has 0 aliphatic heterocycles. The lowest BCUT2D eigenvalue weighted by molar-refractivity contribution is 0.426. The fourth-order valence-corrected chi connectivity index (χ4v) is 9.10. The Kier molecular flexibility index (Phi) is 5.26. The molecule has 0 aliphatic rings. The smallest absolute Gasteiger partial charge is 0.423 e. The van der Waals surface area contributed by atoms with E-state index in [1.165, 1.54) is 15.6 Å². The van der Waals surface area contributed by atoms with Crippen molar-refractivity contribution in [3.63, 3.8) is 0 Å². The molecule has 0 atom stereocenters. The standard InChI is InChI=1S/C24H21BO2Si/c26-25(27)23-18-10-11-19-24(23)28(20-12-4-1-5-13-20,21-14-6-2-7-15-21)22-16-8-3-9-17-22/h1-19,26-27H. The molecule has 136 valence electrons. The SMILES string of the molecule is OB(O)c1ccccc1[Si](c1ccccc1)(c1ccccc1)c1ccccc1. The van der Waals surface area contributed by atoms with E-state index in [2.05, 4.69) is 72.8 Å². The van der Waals surface area contributed by atoms with Gasteiger partial charge in [-0.05, 0) is 26.2 Å². The first-order valence-corrected chi connectivity index (χ1v) is 11.4. The van der Waals surface area contributed by atoms with Crippen LogP contribution in [0.4, 0.5) is 0 Å². The molecule has 0 unspecified atom stereocenters. The fourth-order valence-electron chi connectivity index (χ4n) is 4.09. The summed E-state index contributed by atoms with van der Waals surface area (Å²) in [7, 11) is -4.26. The molecule has 2 nitrogen and oxygen atoms in total. The Morgan fingerprint density at radius 3 is 1.21 bits per heavy atom. The Morgan fingerprint density at radius 2 is 0.821 bits per heavy atom. The van der Waals surface area contributed by atoms with Gasteiger partial charge >= 0.3 is 7.12 Å². The van der Waals surface area contributed by atoms with E-state index in [1.54, 1.807) is 0 Å². The van der Waals surface area contributed by atoms with E-state index in [4.69, 9.17) is 0 Å². The summed E-state index contributed by atoms with van der Waals surface area (Å²) < 4.78 is 0. The van der Waals surface area contributed by atoms with Gasteiger partial charge in [-0.1, -0.05) is 115 Å². The Balaban J connectivity index is 2.18. The number of benzene rings is 4. The van der Waals surface area contributed by atoms with Crippen molar-refractivity contribution in [3.8, 4) is 0 Å². The molecule has 4 aromatic rings. The van der Waals surface area contributed by atoms with Crippen LogP contribution in [0.25, 0.3) is 0 Å². The van der Waals surface area contributed by atoms with Crippen LogP contribution >= 0.6 is 0 Å². The molecule has 0 aromatic heterocycles. The van der Waals surface area contributed by atoms with Crippen LogP contribution in [0.1, 0.15) is 0 Å². The lowest BCUT2D eigenvalue weighted by Crippen LogP contribution is -2.78. The van der Waals surface area contributed by atoms with Crippen LogP contribution in [-0.2, 0) is 0 Å². The molecule has 0 fully saturated rings. The molecule has 0 radical (unpaired) electrons. The van der Waals surface area contributed by atoms with Gasteiger partial charge in [-0.3, -0.25) is 0 Å². The number of rotatable bonds is 5. The van der Waals surface area contributed by atoms with Crippen LogP contribution in [0.2, 0.25) is 0 Å². The van der Waals surface area contributed by atoms with Crippen LogP contribution < -0.4 is 26.2 Å². The normalized spacial score (nSPS) is 11.2. The molecule has 0 spiro atoms. The largest absolute Gasteiger partial charge is 0.488 e. The lowest BCUT2D eigenvalue weighted by atomic mass is 9.80. The Bertz CT molecular complexity index is 941. The maximum absolute atomic E-state index is 10.2. The van der Waals surface area contributed by atoms with E-state index >= 15 is 0 Å². The average molecular weight is 380 g/mol. The lowest BCUT2D eigenvalue weighted by Gasteiger charge is -2.35. The summed E-state index contributed by atoms with van der Waals surface area (Å²) in [6.45, 7) is 0. The molecule has 28 heavy (non-hydrogen) atoms. The zero-order valence-electron chi connectivity index (χ0n) is 15.4. The summed E-state index contributed by atoms with van der Waals surface area (Å²) in [4.78, 5) is 0. The monoisotopic (exact) mass is 380 g/mol. The second-order valence-electron chi connectivity index (χ2n) is 6.81. The molecule has 4 heteroatoms. The third-order valence-corrected chi connectivity index (χ3v) is 10.1. The van der Waals surface area contributed by atoms with Gasteiger partial charge in [0.15, 0.2) is 8.07 Å². The Labute approximate surface area is 166 Å². The van der Waals surface area contributed by atoms with Crippen LogP contribution in [0.3, 0.4) is 0 Å². The maximum Gasteiger partial charge on any atom is 0.488 e. The molecular weight excluding hydrogens is 359 g/mol. The minimum absolute atomic E-state index is 0.561. The van der Waals surface area contributed by atoms with Crippen molar-refractivity contribution >= 4 is 41.4 Å². The van der Waals surface area contributed by atoms with Crippen LogP contribution in [0.5, 0.6) is 0 Å². The highest BCUT2D eigenvalue weighted by Crippen LogP contribution is 2.08. The second kappa shape index (κ2) is 7.99. The predicted octanol–water partition coefficient (Wildman–Crippen LogP) is 0.744. The van der Waals surface area contributed by atoms with Gasteiger partial charge in [0.05, 0.1) is 0 Å². The first-order valence-electron chi connectivity index (χ1n) is 9.36. The van der Waals surface area contributed by atoms with E-state index in [-0.39, 0.29) is 0 Å². The molecular formula is C24H21BO2Si. The van der Waals surface area contributed by atoms with Gasteiger partial charge in [0.25, 0.3) is 0 Å². The predicted molar refractivity (Wildman–Crippen MR) is 120 cm³/mol. The minimum atomic E-state index is -2.73. The van der Waals surface area contributed by atoms with Crippen molar-refractivity contribution in [2.45, 2.75) is 0 Å². The van der Waals surface area contributed by atoms with Crippen LogP contribution in [-0.4, -0.2) is 25.2 Å². The first-order chi connectivity index (χ1) is 13.7. The fraction of sp³-hybridized carbons (Fsp3) is 0. The highest BCUT2D eigenvalue weighted by atomic mass is 28.3. The summed E-state index contributed by atoms with van der Waals surface area (Å²) in [6, 6.07) is 39.1. The molecule has 0 amide bonds.